The van der Waals surface area contributed by atoms with E-state index in [-0.39, 0.29) is 11.7 Å². The highest BCUT2D eigenvalue weighted by atomic mass is 19.1. The second-order valence-corrected chi connectivity index (χ2v) is 6.32. The van der Waals surface area contributed by atoms with E-state index in [2.05, 4.69) is 15.2 Å². The zero-order valence-corrected chi connectivity index (χ0v) is 13.0. The Morgan fingerprint density at radius 1 is 1.33 bits per heavy atom. The summed E-state index contributed by atoms with van der Waals surface area (Å²) in [5, 5.41) is 7.09. The summed E-state index contributed by atoms with van der Waals surface area (Å²) >= 11 is 0. The quantitative estimate of drug-likeness (QED) is 0.777. The Labute approximate surface area is 138 Å². The van der Waals surface area contributed by atoms with Crippen LogP contribution in [-0.4, -0.2) is 21.1 Å². The van der Waals surface area contributed by atoms with Crippen LogP contribution < -0.4 is 5.73 Å². The lowest BCUT2D eigenvalue weighted by atomic mass is 9.69. The molecule has 24 heavy (non-hydrogen) atoms. The third-order valence-electron chi connectivity index (χ3n) is 5.24. The molecule has 1 aliphatic carbocycles. The average Bonchev–Trinajstić information content (AvgIpc) is 3.23. The first-order valence-electron chi connectivity index (χ1n) is 7.96. The van der Waals surface area contributed by atoms with Crippen LogP contribution in [0.3, 0.4) is 0 Å². The number of pyridine rings is 1. The number of carbonyl (C=O) groups is 1. The van der Waals surface area contributed by atoms with Gasteiger partial charge in [-0.1, -0.05) is 18.6 Å². The Balaban J connectivity index is 1.92. The molecule has 1 aliphatic rings. The minimum Gasteiger partial charge on any atom is -0.369 e. The van der Waals surface area contributed by atoms with E-state index < -0.39 is 11.3 Å². The number of fused-ring (bicyclic) bond motifs is 1. The van der Waals surface area contributed by atoms with Gasteiger partial charge in [0.15, 0.2) is 0 Å². The Morgan fingerprint density at radius 3 is 2.96 bits per heavy atom. The minimum absolute atomic E-state index is 0.307. The topological polar surface area (TPSA) is 84.7 Å². The number of halogens is 1. The number of benzene rings is 1. The molecule has 2 heterocycles. The fraction of sp³-hybridized carbons (Fsp3) is 0.278. The molecule has 6 heteroatoms. The molecule has 1 saturated carbocycles. The van der Waals surface area contributed by atoms with Crippen molar-refractivity contribution in [2.24, 2.45) is 5.73 Å². The number of rotatable bonds is 3. The summed E-state index contributed by atoms with van der Waals surface area (Å²) in [6.45, 7) is 0. The Bertz CT molecular complexity index is 908. The van der Waals surface area contributed by atoms with Crippen LogP contribution in [0.4, 0.5) is 4.39 Å². The fourth-order valence-corrected chi connectivity index (χ4v) is 4.10. The Hall–Kier alpha value is -2.76. The van der Waals surface area contributed by atoms with Gasteiger partial charge >= 0.3 is 0 Å². The van der Waals surface area contributed by atoms with Gasteiger partial charge in [-0.3, -0.25) is 14.9 Å². The van der Waals surface area contributed by atoms with Gasteiger partial charge < -0.3 is 5.73 Å². The molecule has 2 unspecified atom stereocenters. The number of H-pyrrole nitrogens is 1. The monoisotopic (exact) mass is 324 g/mol. The zero-order chi connectivity index (χ0) is 16.7. The second-order valence-electron chi connectivity index (χ2n) is 6.32. The van der Waals surface area contributed by atoms with Crippen molar-refractivity contribution in [3.8, 4) is 0 Å². The third kappa shape index (κ3) is 1.95. The number of aromatic amines is 1. The van der Waals surface area contributed by atoms with Crippen molar-refractivity contribution in [1.82, 2.24) is 15.2 Å². The molecule has 0 spiro atoms. The lowest BCUT2D eigenvalue weighted by Gasteiger charge is -2.33. The van der Waals surface area contributed by atoms with E-state index in [0.717, 1.165) is 12.0 Å². The first-order valence-corrected chi connectivity index (χ1v) is 7.96. The largest absolute Gasteiger partial charge is 0.369 e. The summed E-state index contributed by atoms with van der Waals surface area (Å²) < 4.78 is 15.0. The molecule has 4 rings (SSSR count). The molecule has 1 fully saturated rings. The van der Waals surface area contributed by atoms with Crippen molar-refractivity contribution in [2.45, 2.75) is 30.6 Å². The molecule has 3 N–H and O–H groups in total. The highest BCUT2D eigenvalue weighted by Gasteiger charge is 2.50. The van der Waals surface area contributed by atoms with Crippen molar-refractivity contribution in [1.29, 1.82) is 0 Å². The maximum absolute atomic E-state index is 15.0. The van der Waals surface area contributed by atoms with Crippen LogP contribution in [0.1, 0.15) is 36.3 Å². The van der Waals surface area contributed by atoms with E-state index in [1.54, 1.807) is 30.6 Å². The van der Waals surface area contributed by atoms with E-state index in [1.807, 2.05) is 6.07 Å². The highest BCUT2D eigenvalue weighted by molar-refractivity contribution is 5.89. The van der Waals surface area contributed by atoms with Crippen LogP contribution in [0.2, 0.25) is 0 Å². The molecule has 122 valence electrons. The van der Waals surface area contributed by atoms with Gasteiger partial charge in [0.1, 0.15) is 5.82 Å². The zero-order valence-electron chi connectivity index (χ0n) is 13.0. The van der Waals surface area contributed by atoms with Crippen molar-refractivity contribution in [3.63, 3.8) is 0 Å². The smallest absolute Gasteiger partial charge is 0.228 e. The van der Waals surface area contributed by atoms with Crippen LogP contribution >= 0.6 is 0 Å². The maximum atomic E-state index is 15.0. The number of hydrogen-bond donors (Lipinski definition) is 2. The van der Waals surface area contributed by atoms with Gasteiger partial charge in [-0.2, -0.15) is 5.10 Å². The molecule has 0 saturated heterocycles. The van der Waals surface area contributed by atoms with Crippen LogP contribution in [0.15, 0.2) is 42.9 Å². The van der Waals surface area contributed by atoms with Gasteiger partial charge in [-0.25, -0.2) is 4.39 Å². The first kappa shape index (κ1) is 14.8. The van der Waals surface area contributed by atoms with Gasteiger partial charge in [0.05, 0.1) is 22.5 Å². The number of nitrogens with one attached hydrogen (secondary N) is 1. The van der Waals surface area contributed by atoms with E-state index in [4.69, 9.17) is 5.73 Å². The molecule has 2 aromatic heterocycles. The lowest BCUT2D eigenvalue weighted by Crippen LogP contribution is -2.43. The number of amides is 1. The predicted octanol–water partition coefficient (Wildman–Crippen LogP) is 2.79. The number of carbonyl (C=O) groups excluding carboxylic acids is 1. The van der Waals surface area contributed by atoms with Crippen LogP contribution in [0.5, 0.6) is 0 Å². The maximum Gasteiger partial charge on any atom is 0.228 e. The summed E-state index contributed by atoms with van der Waals surface area (Å²) in [7, 11) is 0. The van der Waals surface area contributed by atoms with Gasteiger partial charge in [0.25, 0.3) is 0 Å². The van der Waals surface area contributed by atoms with Crippen LogP contribution in [-0.2, 0) is 10.2 Å². The third-order valence-corrected chi connectivity index (χ3v) is 5.24. The lowest BCUT2D eigenvalue weighted by molar-refractivity contribution is -0.124. The molecule has 2 atom stereocenters. The summed E-state index contributed by atoms with van der Waals surface area (Å²) in [4.78, 5) is 16.6. The number of nitrogens with two attached hydrogens (primary N) is 1. The average molecular weight is 324 g/mol. The first-order chi connectivity index (χ1) is 11.6. The van der Waals surface area contributed by atoms with Crippen LogP contribution in [0, 0.1) is 5.82 Å². The molecular weight excluding hydrogens is 307 g/mol. The van der Waals surface area contributed by atoms with E-state index in [9.17, 15) is 4.79 Å². The number of aromatic nitrogens is 3. The molecule has 1 amide bonds. The molecular formula is C18H17FN4O. The van der Waals surface area contributed by atoms with Gasteiger partial charge in [0, 0.05) is 18.3 Å². The Kier molecular flexibility index (Phi) is 3.33. The summed E-state index contributed by atoms with van der Waals surface area (Å²) in [6, 6.07) is 7.17. The molecule has 0 bridgehead atoms. The molecule has 5 nitrogen and oxygen atoms in total. The Morgan fingerprint density at radius 2 is 2.21 bits per heavy atom. The standard InChI is InChI=1S/C18H17FN4O/c19-16-12(5-6-15-13(16)10-22-23-15)14-4-1-7-18(14,17(20)24)11-3-2-8-21-9-11/h2-3,5-6,8-10,14H,1,4,7H2,(H2,20,24)(H,22,23). The second kappa shape index (κ2) is 5.40. The molecule has 0 aliphatic heterocycles. The van der Waals surface area contributed by atoms with Crippen LogP contribution in [0.25, 0.3) is 10.9 Å². The van der Waals surface area contributed by atoms with Crippen molar-refractivity contribution < 1.29 is 9.18 Å². The van der Waals surface area contributed by atoms with Crippen molar-refractivity contribution in [3.05, 3.63) is 59.8 Å². The number of primary amides is 1. The van der Waals surface area contributed by atoms with Gasteiger partial charge in [-0.15, -0.1) is 0 Å². The predicted molar refractivity (Wildman–Crippen MR) is 87.8 cm³/mol. The van der Waals surface area contributed by atoms with Crippen molar-refractivity contribution in [2.75, 3.05) is 0 Å². The van der Waals surface area contributed by atoms with E-state index in [1.165, 1.54) is 6.20 Å². The summed E-state index contributed by atoms with van der Waals surface area (Å²) in [5.74, 6) is -1.06. The fourth-order valence-electron chi connectivity index (χ4n) is 4.10. The van der Waals surface area contributed by atoms with E-state index in [0.29, 0.717) is 29.3 Å². The molecule has 1 aromatic carbocycles. The van der Waals surface area contributed by atoms with E-state index >= 15 is 4.39 Å². The molecule has 3 aromatic rings. The normalized spacial score (nSPS) is 23.6. The number of nitrogens with zero attached hydrogens (tertiary/aromatic N) is 2. The SMILES string of the molecule is NC(=O)C1(c2cccnc2)CCCC1c1ccc2[nH]ncc2c1F. The van der Waals surface area contributed by atoms with Gasteiger partial charge in [-0.05, 0) is 36.1 Å². The highest BCUT2D eigenvalue weighted by Crippen LogP contribution is 2.51. The summed E-state index contributed by atoms with van der Waals surface area (Å²) in [6.07, 6.45) is 6.90. The van der Waals surface area contributed by atoms with Crippen molar-refractivity contribution >= 4 is 16.8 Å². The molecule has 0 radical (unpaired) electrons. The summed E-state index contributed by atoms with van der Waals surface area (Å²) in [5.41, 5.74) is 6.82. The van der Waals surface area contributed by atoms with Gasteiger partial charge in [0.2, 0.25) is 5.91 Å². The number of hydrogen-bond acceptors (Lipinski definition) is 3. The minimum atomic E-state index is -0.924.